The molecule has 0 radical (unpaired) electrons. The first-order valence-electron chi connectivity index (χ1n) is 7.42. The molecule has 2 amide bonds. The predicted octanol–water partition coefficient (Wildman–Crippen LogP) is 1.43. The molecule has 1 aromatic carbocycles. The summed E-state index contributed by atoms with van der Waals surface area (Å²) in [6.45, 7) is 3.46. The van der Waals surface area contributed by atoms with Gasteiger partial charge in [0.2, 0.25) is 5.91 Å². The molecule has 1 aromatic rings. The summed E-state index contributed by atoms with van der Waals surface area (Å²) in [6, 6.07) is 5.54. The number of halogens is 1. The van der Waals surface area contributed by atoms with Crippen molar-refractivity contribution in [2.24, 2.45) is 5.92 Å². The summed E-state index contributed by atoms with van der Waals surface area (Å²) < 4.78 is 5.58. The largest absolute Gasteiger partial charge is 0.482 e. The van der Waals surface area contributed by atoms with Crippen LogP contribution in [0.15, 0.2) is 18.2 Å². The number of hydrogen-bond donors (Lipinski definition) is 2. The number of amides is 2. The van der Waals surface area contributed by atoms with Gasteiger partial charge in [0.15, 0.2) is 6.61 Å². The zero-order valence-electron chi connectivity index (χ0n) is 13.7. The van der Waals surface area contributed by atoms with Gasteiger partial charge in [-0.25, -0.2) is 0 Å². The summed E-state index contributed by atoms with van der Waals surface area (Å²) >= 11 is 0. The minimum atomic E-state index is -0.126. The molecule has 0 aliphatic carbocycles. The van der Waals surface area contributed by atoms with Crippen molar-refractivity contribution in [3.05, 3.63) is 23.8 Å². The first kappa shape index (κ1) is 19.3. The van der Waals surface area contributed by atoms with Crippen molar-refractivity contribution >= 4 is 29.9 Å². The minimum absolute atomic E-state index is 0. The lowest BCUT2D eigenvalue weighted by Gasteiger charge is -2.16. The summed E-state index contributed by atoms with van der Waals surface area (Å²) in [5, 5.41) is 6.08. The van der Waals surface area contributed by atoms with E-state index in [9.17, 15) is 9.59 Å². The Hall–Kier alpha value is -1.79. The molecule has 128 valence electrons. The summed E-state index contributed by atoms with van der Waals surface area (Å²) in [5.41, 5.74) is 1.61. The number of anilines is 1. The van der Waals surface area contributed by atoms with Gasteiger partial charge in [0, 0.05) is 20.6 Å². The summed E-state index contributed by atoms with van der Waals surface area (Å²) in [7, 11) is 3.36. The van der Waals surface area contributed by atoms with Crippen molar-refractivity contribution in [3.8, 4) is 5.75 Å². The number of hydrogen-bond acceptors (Lipinski definition) is 4. The van der Waals surface area contributed by atoms with E-state index in [0.29, 0.717) is 18.0 Å². The van der Waals surface area contributed by atoms with Gasteiger partial charge in [-0.15, -0.1) is 12.4 Å². The molecule has 1 aliphatic heterocycles. The van der Waals surface area contributed by atoms with Crippen molar-refractivity contribution in [1.29, 1.82) is 0 Å². The second kappa shape index (κ2) is 8.74. The van der Waals surface area contributed by atoms with E-state index in [4.69, 9.17) is 4.74 Å². The van der Waals surface area contributed by atoms with Gasteiger partial charge in [-0.1, -0.05) is 6.07 Å². The summed E-state index contributed by atoms with van der Waals surface area (Å²) in [5.74, 6) is 0.364. The molecule has 23 heavy (non-hydrogen) atoms. The fourth-order valence-corrected chi connectivity index (χ4v) is 2.23. The fourth-order valence-electron chi connectivity index (χ4n) is 2.23. The first-order chi connectivity index (χ1) is 10.5. The van der Waals surface area contributed by atoms with Gasteiger partial charge in [-0.3, -0.25) is 9.59 Å². The van der Waals surface area contributed by atoms with E-state index >= 15 is 0 Å². The Morgan fingerprint density at radius 1 is 1.39 bits per heavy atom. The smallest absolute Gasteiger partial charge is 0.259 e. The Bertz CT molecular complexity index is 558. The van der Waals surface area contributed by atoms with Crippen molar-refractivity contribution in [1.82, 2.24) is 10.2 Å². The molecule has 0 aromatic heterocycles. The number of benzene rings is 1. The molecule has 1 saturated heterocycles. The lowest BCUT2D eigenvalue weighted by atomic mass is 10.1. The van der Waals surface area contributed by atoms with E-state index in [-0.39, 0.29) is 36.7 Å². The number of ether oxygens (including phenoxy) is 1. The molecule has 6 nitrogen and oxygen atoms in total. The van der Waals surface area contributed by atoms with E-state index < -0.39 is 0 Å². The molecule has 1 fully saturated rings. The molecule has 0 bridgehead atoms. The van der Waals surface area contributed by atoms with E-state index in [2.05, 4.69) is 10.6 Å². The minimum Gasteiger partial charge on any atom is -0.482 e. The SMILES string of the molecule is Cc1ccc(NC(=O)C2CCNC2)c(OCC(=O)N(C)C)c1.Cl. The van der Waals surface area contributed by atoms with Crippen LogP contribution in [0, 0.1) is 12.8 Å². The van der Waals surface area contributed by atoms with Crippen LogP contribution >= 0.6 is 12.4 Å². The average Bonchev–Trinajstić information content (AvgIpc) is 3.01. The number of carbonyl (C=O) groups excluding carboxylic acids is 2. The van der Waals surface area contributed by atoms with Crippen LogP contribution in [-0.2, 0) is 9.59 Å². The van der Waals surface area contributed by atoms with Crippen LogP contribution in [-0.4, -0.2) is 50.5 Å². The Morgan fingerprint density at radius 2 is 2.13 bits per heavy atom. The molecular weight excluding hydrogens is 318 g/mol. The molecular formula is C16H24ClN3O3. The van der Waals surface area contributed by atoms with Gasteiger partial charge in [-0.2, -0.15) is 0 Å². The highest BCUT2D eigenvalue weighted by atomic mass is 35.5. The van der Waals surface area contributed by atoms with Gasteiger partial charge < -0.3 is 20.3 Å². The Morgan fingerprint density at radius 3 is 2.74 bits per heavy atom. The molecule has 1 aliphatic rings. The zero-order valence-corrected chi connectivity index (χ0v) is 14.5. The number of aryl methyl sites for hydroxylation is 1. The first-order valence-corrected chi connectivity index (χ1v) is 7.42. The van der Waals surface area contributed by atoms with Crippen LogP contribution in [0.1, 0.15) is 12.0 Å². The van der Waals surface area contributed by atoms with Crippen LogP contribution in [0.2, 0.25) is 0 Å². The third-order valence-corrected chi connectivity index (χ3v) is 3.68. The average molecular weight is 342 g/mol. The monoisotopic (exact) mass is 341 g/mol. The van der Waals surface area contributed by atoms with Gasteiger partial charge in [0.25, 0.3) is 5.91 Å². The quantitative estimate of drug-likeness (QED) is 0.850. The van der Waals surface area contributed by atoms with Gasteiger partial charge >= 0.3 is 0 Å². The van der Waals surface area contributed by atoms with Crippen molar-refractivity contribution < 1.29 is 14.3 Å². The number of carbonyl (C=O) groups is 2. The molecule has 2 N–H and O–H groups in total. The van der Waals surface area contributed by atoms with Gasteiger partial charge in [-0.05, 0) is 37.6 Å². The van der Waals surface area contributed by atoms with Crippen molar-refractivity contribution in [2.45, 2.75) is 13.3 Å². The molecule has 1 unspecified atom stereocenters. The second-order valence-corrected chi connectivity index (χ2v) is 5.76. The van der Waals surface area contributed by atoms with Crippen LogP contribution < -0.4 is 15.4 Å². The third kappa shape index (κ3) is 5.41. The highest BCUT2D eigenvalue weighted by molar-refractivity contribution is 5.94. The van der Waals surface area contributed by atoms with Crippen LogP contribution in [0.25, 0.3) is 0 Å². The molecule has 0 saturated carbocycles. The zero-order chi connectivity index (χ0) is 16.1. The topological polar surface area (TPSA) is 70.7 Å². The molecule has 2 rings (SSSR count). The number of likely N-dealkylation sites (N-methyl/N-ethyl adjacent to an activating group) is 1. The third-order valence-electron chi connectivity index (χ3n) is 3.68. The second-order valence-electron chi connectivity index (χ2n) is 5.76. The maximum absolute atomic E-state index is 12.2. The lowest BCUT2D eigenvalue weighted by Crippen LogP contribution is -2.28. The highest BCUT2D eigenvalue weighted by Crippen LogP contribution is 2.26. The Balaban J connectivity index is 0.00000264. The molecule has 1 heterocycles. The normalized spacial score (nSPS) is 16.4. The van der Waals surface area contributed by atoms with E-state index in [1.165, 1.54) is 4.90 Å². The standard InChI is InChI=1S/C16H23N3O3.ClH/c1-11-4-5-13(18-16(21)12-6-7-17-9-12)14(8-11)22-10-15(20)19(2)3;/h4-5,8,12,17H,6-7,9-10H2,1-3H3,(H,18,21);1H. The highest BCUT2D eigenvalue weighted by Gasteiger charge is 2.23. The lowest BCUT2D eigenvalue weighted by molar-refractivity contribution is -0.130. The molecule has 0 spiro atoms. The Kier molecular flexibility index (Phi) is 7.32. The maximum atomic E-state index is 12.2. The number of rotatable bonds is 5. The number of nitrogens with zero attached hydrogens (tertiary/aromatic N) is 1. The molecule has 7 heteroatoms. The van der Waals surface area contributed by atoms with Crippen LogP contribution in [0.5, 0.6) is 5.75 Å². The Labute approximate surface area is 143 Å². The van der Waals surface area contributed by atoms with Crippen LogP contribution in [0.3, 0.4) is 0 Å². The van der Waals surface area contributed by atoms with Crippen molar-refractivity contribution in [3.63, 3.8) is 0 Å². The van der Waals surface area contributed by atoms with Gasteiger partial charge in [0.05, 0.1) is 11.6 Å². The van der Waals surface area contributed by atoms with E-state index in [1.807, 2.05) is 25.1 Å². The predicted molar refractivity (Wildman–Crippen MR) is 92.2 cm³/mol. The van der Waals surface area contributed by atoms with Crippen molar-refractivity contribution in [2.75, 3.05) is 39.1 Å². The summed E-state index contributed by atoms with van der Waals surface area (Å²) in [6.07, 6.45) is 0.840. The number of nitrogens with one attached hydrogen (secondary N) is 2. The fraction of sp³-hybridized carbons (Fsp3) is 0.500. The molecule has 1 atom stereocenters. The maximum Gasteiger partial charge on any atom is 0.259 e. The van der Waals surface area contributed by atoms with Gasteiger partial charge in [0.1, 0.15) is 5.75 Å². The van der Waals surface area contributed by atoms with E-state index in [0.717, 1.165) is 18.5 Å². The van der Waals surface area contributed by atoms with Crippen LogP contribution in [0.4, 0.5) is 5.69 Å². The summed E-state index contributed by atoms with van der Waals surface area (Å²) in [4.78, 5) is 25.3. The van der Waals surface area contributed by atoms with E-state index in [1.54, 1.807) is 14.1 Å².